The summed E-state index contributed by atoms with van der Waals surface area (Å²) in [5.74, 6) is 0.577. The fourth-order valence-electron chi connectivity index (χ4n) is 2.77. The Balaban J connectivity index is 2.19. The highest BCUT2D eigenvalue weighted by Gasteiger charge is 2.29. The summed E-state index contributed by atoms with van der Waals surface area (Å²) >= 11 is 6.03. The maximum Gasteiger partial charge on any atom is 0.166 e. The van der Waals surface area contributed by atoms with Crippen LogP contribution in [0.1, 0.15) is 35.1 Å². The van der Waals surface area contributed by atoms with Gasteiger partial charge in [0, 0.05) is 11.4 Å². The summed E-state index contributed by atoms with van der Waals surface area (Å²) in [4.78, 5) is 12.1. The molecule has 1 aromatic heterocycles. The Morgan fingerprint density at radius 1 is 1.37 bits per heavy atom. The predicted molar refractivity (Wildman–Crippen MR) is 75.1 cm³/mol. The number of rotatable bonds is 1. The van der Waals surface area contributed by atoms with Gasteiger partial charge in [-0.05, 0) is 37.5 Å². The predicted octanol–water partition coefficient (Wildman–Crippen LogP) is 3.60. The van der Waals surface area contributed by atoms with E-state index in [0.29, 0.717) is 17.4 Å². The molecule has 1 heterocycles. The number of carbonyl (C=O) groups excluding carboxylic acids is 1. The van der Waals surface area contributed by atoms with Crippen LogP contribution in [0.2, 0.25) is 5.02 Å². The van der Waals surface area contributed by atoms with E-state index < -0.39 is 0 Å². The van der Waals surface area contributed by atoms with Crippen molar-refractivity contribution in [3.05, 3.63) is 46.2 Å². The van der Waals surface area contributed by atoms with Crippen molar-refractivity contribution in [2.45, 2.75) is 26.7 Å². The molecule has 0 N–H and O–H groups in total. The van der Waals surface area contributed by atoms with E-state index in [4.69, 9.17) is 11.6 Å². The number of benzene rings is 1. The Hall–Kier alpha value is -1.61. The van der Waals surface area contributed by atoms with Gasteiger partial charge in [0.2, 0.25) is 0 Å². The molecule has 0 spiro atoms. The molecule has 0 amide bonds. The van der Waals surface area contributed by atoms with Crippen molar-refractivity contribution in [1.29, 1.82) is 0 Å². The summed E-state index contributed by atoms with van der Waals surface area (Å²) < 4.78 is 1.87. The minimum atomic E-state index is 0.208. The standard InChI is InChI=1S/C15H15ClN2O/c1-9-6-13-15(14(19)7-9)10(2)17-18(13)12-5-3-4-11(16)8-12/h3-5,8-9H,6-7H2,1-2H3. The molecule has 4 heteroatoms. The van der Waals surface area contributed by atoms with Crippen molar-refractivity contribution >= 4 is 17.4 Å². The third-order valence-electron chi connectivity index (χ3n) is 3.56. The van der Waals surface area contributed by atoms with Gasteiger partial charge in [-0.15, -0.1) is 0 Å². The van der Waals surface area contributed by atoms with Crippen LogP contribution in [0.4, 0.5) is 0 Å². The van der Waals surface area contributed by atoms with E-state index in [-0.39, 0.29) is 5.78 Å². The lowest BCUT2D eigenvalue weighted by Crippen LogP contribution is -2.19. The summed E-state index contributed by atoms with van der Waals surface area (Å²) in [6, 6.07) is 7.57. The quantitative estimate of drug-likeness (QED) is 0.796. The van der Waals surface area contributed by atoms with E-state index in [1.54, 1.807) is 0 Å². The largest absolute Gasteiger partial charge is 0.294 e. The number of Topliss-reactive ketones (excluding diaryl/α,β-unsaturated/α-hetero) is 1. The molecular weight excluding hydrogens is 260 g/mol. The molecule has 3 rings (SSSR count). The molecule has 1 atom stereocenters. The third-order valence-corrected chi connectivity index (χ3v) is 3.80. The van der Waals surface area contributed by atoms with Crippen LogP contribution in [0.5, 0.6) is 0 Å². The van der Waals surface area contributed by atoms with E-state index in [1.165, 1.54) is 0 Å². The number of aryl methyl sites for hydroxylation is 1. The van der Waals surface area contributed by atoms with Gasteiger partial charge in [0.15, 0.2) is 5.78 Å². The number of nitrogens with zero attached hydrogens (tertiary/aromatic N) is 2. The molecular formula is C15H15ClN2O. The maximum atomic E-state index is 12.1. The van der Waals surface area contributed by atoms with E-state index >= 15 is 0 Å². The molecule has 0 bridgehead atoms. The average Bonchev–Trinajstić information content (AvgIpc) is 2.66. The van der Waals surface area contributed by atoms with Crippen LogP contribution in [0.3, 0.4) is 0 Å². The lowest BCUT2D eigenvalue weighted by atomic mass is 9.87. The summed E-state index contributed by atoms with van der Waals surface area (Å²) in [5, 5.41) is 5.20. The van der Waals surface area contributed by atoms with E-state index in [1.807, 2.05) is 35.9 Å². The number of halogens is 1. The Morgan fingerprint density at radius 3 is 2.89 bits per heavy atom. The molecule has 0 saturated carbocycles. The topological polar surface area (TPSA) is 34.9 Å². The lowest BCUT2D eigenvalue weighted by Gasteiger charge is -2.19. The van der Waals surface area contributed by atoms with E-state index in [0.717, 1.165) is 29.1 Å². The van der Waals surface area contributed by atoms with Crippen molar-refractivity contribution in [3.63, 3.8) is 0 Å². The summed E-state index contributed by atoms with van der Waals surface area (Å²) in [6.45, 7) is 4.00. The van der Waals surface area contributed by atoms with Crippen LogP contribution >= 0.6 is 11.6 Å². The van der Waals surface area contributed by atoms with E-state index in [2.05, 4.69) is 12.0 Å². The molecule has 1 aromatic carbocycles. The smallest absolute Gasteiger partial charge is 0.166 e. The first-order valence-electron chi connectivity index (χ1n) is 6.44. The second-order valence-electron chi connectivity index (χ2n) is 5.24. The number of fused-ring (bicyclic) bond motifs is 1. The van der Waals surface area contributed by atoms with Crippen LogP contribution in [0.25, 0.3) is 5.69 Å². The highest BCUT2D eigenvalue weighted by atomic mass is 35.5. The number of hydrogen-bond acceptors (Lipinski definition) is 2. The fraction of sp³-hybridized carbons (Fsp3) is 0.333. The molecule has 0 fully saturated rings. The minimum Gasteiger partial charge on any atom is -0.294 e. The SMILES string of the molecule is Cc1nn(-c2cccc(Cl)c2)c2c1C(=O)CC(C)C2. The zero-order valence-corrected chi connectivity index (χ0v) is 11.7. The van der Waals surface area contributed by atoms with Crippen LogP contribution in [-0.4, -0.2) is 15.6 Å². The number of ketones is 1. The fourth-order valence-corrected chi connectivity index (χ4v) is 2.95. The third kappa shape index (κ3) is 2.08. The van der Waals surface area contributed by atoms with Crippen LogP contribution in [0, 0.1) is 12.8 Å². The van der Waals surface area contributed by atoms with Gasteiger partial charge in [-0.2, -0.15) is 5.10 Å². The Morgan fingerprint density at radius 2 is 2.16 bits per heavy atom. The molecule has 0 saturated heterocycles. The Labute approximate surface area is 117 Å². The van der Waals surface area contributed by atoms with Crippen molar-refractivity contribution in [2.24, 2.45) is 5.92 Å². The number of carbonyl (C=O) groups is 1. The molecule has 98 valence electrons. The van der Waals surface area contributed by atoms with Gasteiger partial charge in [-0.3, -0.25) is 4.79 Å². The van der Waals surface area contributed by atoms with Gasteiger partial charge >= 0.3 is 0 Å². The van der Waals surface area contributed by atoms with Gasteiger partial charge in [0.1, 0.15) is 0 Å². The van der Waals surface area contributed by atoms with Gasteiger partial charge in [0.05, 0.1) is 22.6 Å². The van der Waals surface area contributed by atoms with Crippen LogP contribution in [-0.2, 0) is 6.42 Å². The van der Waals surface area contributed by atoms with Gasteiger partial charge < -0.3 is 0 Å². The number of hydrogen-bond donors (Lipinski definition) is 0. The first kappa shape index (κ1) is 12.4. The maximum absolute atomic E-state index is 12.1. The second kappa shape index (κ2) is 4.49. The number of aromatic nitrogens is 2. The van der Waals surface area contributed by atoms with Crippen molar-refractivity contribution in [2.75, 3.05) is 0 Å². The first-order chi connectivity index (χ1) is 9.06. The monoisotopic (exact) mass is 274 g/mol. The highest BCUT2D eigenvalue weighted by molar-refractivity contribution is 6.30. The van der Waals surface area contributed by atoms with Crippen LogP contribution in [0.15, 0.2) is 24.3 Å². The van der Waals surface area contributed by atoms with Crippen molar-refractivity contribution in [3.8, 4) is 5.69 Å². The first-order valence-corrected chi connectivity index (χ1v) is 6.81. The average molecular weight is 275 g/mol. The zero-order chi connectivity index (χ0) is 13.6. The minimum absolute atomic E-state index is 0.208. The molecule has 0 aliphatic heterocycles. The van der Waals surface area contributed by atoms with Gasteiger partial charge in [-0.1, -0.05) is 24.6 Å². The summed E-state index contributed by atoms with van der Waals surface area (Å²) in [6.07, 6.45) is 1.50. The van der Waals surface area contributed by atoms with Crippen molar-refractivity contribution in [1.82, 2.24) is 9.78 Å². The van der Waals surface area contributed by atoms with Gasteiger partial charge in [-0.25, -0.2) is 4.68 Å². The summed E-state index contributed by atoms with van der Waals surface area (Å²) in [7, 11) is 0. The summed E-state index contributed by atoms with van der Waals surface area (Å²) in [5.41, 5.74) is 3.55. The molecule has 1 aliphatic carbocycles. The van der Waals surface area contributed by atoms with E-state index in [9.17, 15) is 4.79 Å². The molecule has 1 aliphatic rings. The van der Waals surface area contributed by atoms with Crippen LogP contribution < -0.4 is 0 Å². The lowest BCUT2D eigenvalue weighted by molar-refractivity contribution is 0.0952. The normalized spacial score (nSPS) is 18.5. The molecule has 1 unspecified atom stereocenters. The Kier molecular flexibility index (Phi) is 2.94. The molecule has 19 heavy (non-hydrogen) atoms. The zero-order valence-electron chi connectivity index (χ0n) is 11.0. The molecule has 0 radical (unpaired) electrons. The van der Waals surface area contributed by atoms with Crippen molar-refractivity contribution < 1.29 is 4.79 Å². The molecule has 3 nitrogen and oxygen atoms in total. The molecule has 2 aromatic rings. The van der Waals surface area contributed by atoms with Gasteiger partial charge in [0.25, 0.3) is 0 Å². The second-order valence-corrected chi connectivity index (χ2v) is 5.67. The highest BCUT2D eigenvalue weighted by Crippen LogP contribution is 2.29. The Bertz CT molecular complexity index is 660.